The second-order valence-electron chi connectivity index (χ2n) is 3.86. The Morgan fingerprint density at radius 1 is 1.41 bits per heavy atom. The number of aliphatic carboxylic acids is 1. The molecule has 1 N–H and O–H groups in total. The highest BCUT2D eigenvalue weighted by Gasteiger charge is 2.22. The van der Waals surface area contributed by atoms with Gasteiger partial charge in [0.2, 0.25) is 0 Å². The minimum atomic E-state index is -1.08. The quantitative estimate of drug-likeness (QED) is 0.790. The van der Waals surface area contributed by atoms with Crippen molar-refractivity contribution in [1.82, 2.24) is 0 Å². The molecule has 0 saturated carbocycles. The second-order valence-corrected chi connectivity index (χ2v) is 3.86. The van der Waals surface area contributed by atoms with E-state index in [4.69, 9.17) is 9.84 Å². The molecule has 0 aliphatic heterocycles. The monoisotopic (exact) mass is 232 g/mol. The lowest BCUT2D eigenvalue weighted by atomic mass is 9.86. The molecule has 17 heavy (non-hydrogen) atoms. The zero-order chi connectivity index (χ0) is 12.4. The maximum Gasteiger partial charge on any atom is 0.328 e. The summed E-state index contributed by atoms with van der Waals surface area (Å²) in [6, 6.07) is 5.22. The van der Waals surface area contributed by atoms with Gasteiger partial charge >= 0.3 is 5.97 Å². The van der Waals surface area contributed by atoms with E-state index in [-0.39, 0.29) is 5.78 Å². The predicted molar refractivity (Wildman–Crippen MR) is 61.4 cm³/mol. The Labute approximate surface area is 98.5 Å². The molecule has 1 aromatic rings. The summed E-state index contributed by atoms with van der Waals surface area (Å²) in [5.41, 5.74) is 1.84. The van der Waals surface area contributed by atoms with E-state index in [9.17, 15) is 9.59 Å². The largest absolute Gasteiger partial charge is 0.497 e. The molecule has 4 nitrogen and oxygen atoms in total. The van der Waals surface area contributed by atoms with E-state index in [1.54, 1.807) is 19.2 Å². The van der Waals surface area contributed by atoms with Crippen molar-refractivity contribution in [2.24, 2.45) is 0 Å². The minimum absolute atomic E-state index is 0.198. The maximum atomic E-state index is 12.0. The fourth-order valence-electron chi connectivity index (χ4n) is 1.97. The average molecular weight is 232 g/mol. The molecule has 4 heteroatoms. The maximum absolute atomic E-state index is 12.0. The molecule has 0 aromatic heterocycles. The third-order valence-electron chi connectivity index (χ3n) is 2.81. The van der Waals surface area contributed by atoms with Crippen molar-refractivity contribution >= 4 is 11.8 Å². The molecule has 0 atom stereocenters. The Balaban J connectivity index is 2.40. The molecule has 0 radical (unpaired) electrons. The lowest BCUT2D eigenvalue weighted by Gasteiger charge is -2.17. The number of carbonyl (C=O) groups excluding carboxylic acids is 1. The van der Waals surface area contributed by atoms with Crippen molar-refractivity contribution in [2.45, 2.75) is 12.8 Å². The smallest absolute Gasteiger partial charge is 0.328 e. The topological polar surface area (TPSA) is 63.6 Å². The van der Waals surface area contributed by atoms with E-state index in [0.29, 0.717) is 29.7 Å². The zero-order valence-corrected chi connectivity index (χ0v) is 9.40. The van der Waals surface area contributed by atoms with E-state index < -0.39 is 5.97 Å². The lowest BCUT2D eigenvalue weighted by molar-refractivity contribution is -0.131. The third kappa shape index (κ3) is 2.20. The number of carbonyl (C=O) groups is 2. The van der Waals surface area contributed by atoms with Crippen LogP contribution in [0.5, 0.6) is 5.75 Å². The first kappa shape index (κ1) is 11.4. The highest BCUT2D eigenvalue weighted by atomic mass is 16.5. The number of carboxylic acids is 1. The summed E-state index contributed by atoms with van der Waals surface area (Å²) in [5, 5.41) is 8.67. The summed E-state index contributed by atoms with van der Waals surface area (Å²) in [5.74, 6) is -0.566. The number of hydrogen-bond donors (Lipinski definition) is 1. The first-order chi connectivity index (χ1) is 8.11. The van der Waals surface area contributed by atoms with Crippen molar-refractivity contribution in [3.05, 3.63) is 41.0 Å². The number of benzene rings is 1. The summed E-state index contributed by atoms with van der Waals surface area (Å²) in [7, 11) is 1.57. The van der Waals surface area contributed by atoms with Crippen LogP contribution in [0.2, 0.25) is 0 Å². The Morgan fingerprint density at radius 2 is 2.18 bits per heavy atom. The average Bonchev–Trinajstić information content (AvgIpc) is 2.32. The third-order valence-corrected chi connectivity index (χ3v) is 2.81. The van der Waals surface area contributed by atoms with Crippen LogP contribution in [0.4, 0.5) is 0 Å². The number of allylic oxidation sites excluding steroid dienone is 1. The number of fused-ring (bicyclic) bond motifs is 1. The molecule has 0 unspecified atom stereocenters. The molecule has 0 amide bonds. The standard InChI is InChI=1S/C13H12O4/c1-17-10-4-5-11-8(6-10)2-3-9(13(11)16)7-12(14)15/h4-7H,2-3H2,1H3,(H,14,15)/b9-7-. The summed E-state index contributed by atoms with van der Waals surface area (Å²) in [6.07, 6.45) is 2.12. The van der Waals surface area contributed by atoms with Crippen LogP contribution in [0.3, 0.4) is 0 Å². The molecule has 0 bridgehead atoms. The molecule has 2 rings (SSSR count). The molecule has 88 valence electrons. The van der Waals surface area contributed by atoms with E-state index >= 15 is 0 Å². The number of ether oxygens (including phenoxy) is 1. The first-order valence-corrected chi connectivity index (χ1v) is 5.27. The Morgan fingerprint density at radius 3 is 2.82 bits per heavy atom. The molecule has 1 aliphatic carbocycles. The number of aryl methyl sites for hydroxylation is 1. The summed E-state index contributed by atoms with van der Waals surface area (Å²) in [6.45, 7) is 0. The highest BCUT2D eigenvalue weighted by Crippen LogP contribution is 2.28. The second kappa shape index (κ2) is 4.41. The van der Waals surface area contributed by atoms with Gasteiger partial charge in [-0.15, -0.1) is 0 Å². The number of carboxylic acid groups (broad SMARTS) is 1. The van der Waals surface area contributed by atoms with E-state index in [1.165, 1.54) is 0 Å². The SMILES string of the molecule is COc1ccc2c(c1)CC/C(=C/C(=O)O)C2=O. The van der Waals surface area contributed by atoms with Crippen molar-refractivity contribution in [1.29, 1.82) is 0 Å². The van der Waals surface area contributed by atoms with Gasteiger partial charge in [-0.05, 0) is 36.6 Å². The number of ketones is 1. The number of methoxy groups -OCH3 is 1. The molecular formula is C13H12O4. The van der Waals surface area contributed by atoms with E-state index in [0.717, 1.165) is 11.6 Å². The van der Waals surface area contributed by atoms with Gasteiger partial charge in [-0.25, -0.2) is 4.79 Å². The Hall–Kier alpha value is -2.10. The number of hydrogen-bond acceptors (Lipinski definition) is 3. The number of Topliss-reactive ketones (excluding diaryl/α,β-unsaturated/α-hetero) is 1. The first-order valence-electron chi connectivity index (χ1n) is 5.27. The van der Waals surface area contributed by atoms with Crippen LogP contribution in [-0.4, -0.2) is 24.0 Å². The van der Waals surface area contributed by atoms with Gasteiger partial charge in [0.25, 0.3) is 0 Å². The van der Waals surface area contributed by atoms with Crippen LogP contribution >= 0.6 is 0 Å². The molecule has 1 aromatic carbocycles. The lowest BCUT2D eigenvalue weighted by Crippen LogP contribution is -2.15. The molecule has 1 aliphatic rings. The van der Waals surface area contributed by atoms with Crippen LogP contribution in [0.15, 0.2) is 29.8 Å². The summed E-state index contributed by atoms with van der Waals surface area (Å²) < 4.78 is 5.09. The van der Waals surface area contributed by atoms with Gasteiger partial charge in [-0.1, -0.05) is 0 Å². The molecular weight excluding hydrogens is 220 g/mol. The fraction of sp³-hybridized carbons (Fsp3) is 0.231. The molecule has 0 heterocycles. The minimum Gasteiger partial charge on any atom is -0.497 e. The van der Waals surface area contributed by atoms with E-state index in [1.807, 2.05) is 6.07 Å². The van der Waals surface area contributed by atoms with Crippen molar-refractivity contribution in [2.75, 3.05) is 7.11 Å². The van der Waals surface area contributed by atoms with Crippen LogP contribution in [0.25, 0.3) is 0 Å². The fourth-order valence-corrected chi connectivity index (χ4v) is 1.97. The van der Waals surface area contributed by atoms with Gasteiger partial charge < -0.3 is 9.84 Å². The van der Waals surface area contributed by atoms with E-state index in [2.05, 4.69) is 0 Å². The number of rotatable bonds is 2. The molecule has 0 saturated heterocycles. The highest BCUT2D eigenvalue weighted by molar-refractivity contribution is 6.12. The molecule has 0 fully saturated rings. The van der Waals surface area contributed by atoms with Crippen molar-refractivity contribution < 1.29 is 19.4 Å². The predicted octanol–water partition coefficient (Wildman–Crippen LogP) is 1.84. The van der Waals surface area contributed by atoms with Crippen molar-refractivity contribution in [3.63, 3.8) is 0 Å². The van der Waals surface area contributed by atoms with Gasteiger partial charge in [0.15, 0.2) is 5.78 Å². The Bertz CT molecular complexity index is 514. The molecule has 0 spiro atoms. The Kier molecular flexibility index (Phi) is 2.95. The van der Waals surface area contributed by atoms with Gasteiger partial charge in [-0.2, -0.15) is 0 Å². The normalized spacial score (nSPS) is 16.8. The van der Waals surface area contributed by atoms with Crippen LogP contribution in [0, 0.1) is 0 Å². The van der Waals surface area contributed by atoms with Gasteiger partial charge in [-0.3, -0.25) is 4.79 Å². The van der Waals surface area contributed by atoms with Gasteiger partial charge in [0.1, 0.15) is 5.75 Å². The van der Waals surface area contributed by atoms with Crippen LogP contribution in [0.1, 0.15) is 22.3 Å². The summed E-state index contributed by atoms with van der Waals surface area (Å²) >= 11 is 0. The van der Waals surface area contributed by atoms with Crippen LogP contribution < -0.4 is 4.74 Å². The van der Waals surface area contributed by atoms with Crippen molar-refractivity contribution in [3.8, 4) is 5.75 Å². The zero-order valence-electron chi connectivity index (χ0n) is 9.40. The summed E-state index contributed by atoms with van der Waals surface area (Å²) in [4.78, 5) is 22.6. The van der Waals surface area contributed by atoms with Crippen LogP contribution in [-0.2, 0) is 11.2 Å². The van der Waals surface area contributed by atoms with Gasteiger partial charge in [0.05, 0.1) is 7.11 Å². The van der Waals surface area contributed by atoms with Gasteiger partial charge in [0, 0.05) is 17.2 Å².